The summed E-state index contributed by atoms with van der Waals surface area (Å²) in [4.78, 5) is 4.95. The summed E-state index contributed by atoms with van der Waals surface area (Å²) in [5.41, 5.74) is 2.81. The molecule has 2 aliphatic rings. The van der Waals surface area contributed by atoms with E-state index in [0.29, 0.717) is 0 Å². The van der Waals surface area contributed by atoms with Crippen LogP contribution in [0.25, 0.3) is 0 Å². The van der Waals surface area contributed by atoms with Gasteiger partial charge in [-0.1, -0.05) is 24.2 Å². The third-order valence-electron chi connectivity index (χ3n) is 4.73. The van der Waals surface area contributed by atoms with E-state index in [2.05, 4.69) is 58.3 Å². The number of hydrogen-bond donors (Lipinski definition) is 0. The molecular formula is C20H28FeN2. The van der Waals surface area contributed by atoms with Crippen molar-refractivity contribution in [1.82, 2.24) is 0 Å². The SMILES string of the molecule is [Fe+2].c1cc[c-](N2CCCCC2)c1.c1cc[c-](N2CCCCC2)c1. The van der Waals surface area contributed by atoms with Crippen molar-refractivity contribution in [2.75, 3.05) is 36.0 Å². The van der Waals surface area contributed by atoms with Crippen LogP contribution in [0.1, 0.15) is 38.5 Å². The molecule has 0 atom stereocenters. The average Bonchev–Trinajstić information content (AvgIpc) is 3.31. The summed E-state index contributed by atoms with van der Waals surface area (Å²) in [5.74, 6) is 0. The molecule has 0 N–H and O–H groups in total. The molecule has 2 aromatic carbocycles. The normalized spacial score (nSPS) is 17.9. The zero-order valence-corrected chi connectivity index (χ0v) is 15.0. The largest absolute Gasteiger partial charge is 2.00 e. The molecule has 0 amide bonds. The standard InChI is InChI=1S/2C10H14N.Fe/c2*1-4-8-11(9-5-1)10-6-2-3-7-10;/h2*2-3,6-7H,1,4-5,8-9H2;/q2*-1;+2. The molecule has 0 unspecified atom stereocenters. The Morgan fingerprint density at radius 3 is 1.09 bits per heavy atom. The predicted octanol–water partition coefficient (Wildman–Crippen LogP) is 4.79. The molecule has 0 aliphatic carbocycles. The maximum atomic E-state index is 2.48. The van der Waals surface area contributed by atoms with Crippen LogP contribution in [-0.2, 0) is 17.1 Å². The van der Waals surface area contributed by atoms with Crippen molar-refractivity contribution < 1.29 is 17.1 Å². The fourth-order valence-electron chi connectivity index (χ4n) is 3.45. The van der Waals surface area contributed by atoms with Crippen LogP contribution < -0.4 is 9.80 Å². The molecule has 0 radical (unpaired) electrons. The van der Waals surface area contributed by atoms with Crippen molar-refractivity contribution >= 4 is 11.4 Å². The van der Waals surface area contributed by atoms with Crippen molar-refractivity contribution in [3.63, 3.8) is 0 Å². The van der Waals surface area contributed by atoms with Crippen molar-refractivity contribution in [2.45, 2.75) is 38.5 Å². The van der Waals surface area contributed by atoms with Gasteiger partial charge in [-0.3, -0.25) is 0 Å². The topological polar surface area (TPSA) is 6.48 Å². The van der Waals surface area contributed by atoms with E-state index in [1.807, 2.05) is 0 Å². The second-order valence-electron chi connectivity index (χ2n) is 6.38. The van der Waals surface area contributed by atoms with E-state index < -0.39 is 0 Å². The minimum Gasteiger partial charge on any atom is -0.424 e. The molecule has 3 heteroatoms. The van der Waals surface area contributed by atoms with Gasteiger partial charge < -0.3 is 9.80 Å². The molecule has 0 aromatic heterocycles. The van der Waals surface area contributed by atoms with Crippen LogP contribution in [0.4, 0.5) is 11.4 Å². The molecule has 126 valence electrons. The maximum Gasteiger partial charge on any atom is 2.00 e. The van der Waals surface area contributed by atoms with Crippen LogP contribution in [0.3, 0.4) is 0 Å². The Labute approximate surface area is 151 Å². The summed E-state index contributed by atoms with van der Waals surface area (Å²) in [6.07, 6.45) is 8.29. The summed E-state index contributed by atoms with van der Waals surface area (Å²) in [5, 5.41) is 0. The van der Waals surface area contributed by atoms with Crippen LogP contribution in [0.5, 0.6) is 0 Å². The predicted molar refractivity (Wildman–Crippen MR) is 96.2 cm³/mol. The third-order valence-corrected chi connectivity index (χ3v) is 4.73. The number of piperidine rings is 2. The maximum absolute atomic E-state index is 2.48. The fourth-order valence-corrected chi connectivity index (χ4v) is 3.45. The third kappa shape index (κ3) is 5.44. The van der Waals surface area contributed by atoms with Crippen LogP contribution in [0.15, 0.2) is 48.5 Å². The molecule has 2 aliphatic heterocycles. The first-order chi connectivity index (χ1) is 10.9. The summed E-state index contributed by atoms with van der Waals surface area (Å²) in [7, 11) is 0. The van der Waals surface area contributed by atoms with Gasteiger partial charge in [0.2, 0.25) is 0 Å². The van der Waals surface area contributed by atoms with Gasteiger partial charge in [-0.25, -0.2) is 24.3 Å². The van der Waals surface area contributed by atoms with E-state index in [1.165, 1.54) is 76.1 Å². The second kappa shape index (κ2) is 9.85. The molecule has 0 bridgehead atoms. The molecule has 4 rings (SSSR count). The van der Waals surface area contributed by atoms with Crippen LogP contribution in [0.2, 0.25) is 0 Å². The molecular weight excluding hydrogens is 324 g/mol. The number of nitrogens with zero attached hydrogens (tertiary/aromatic N) is 2. The van der Waals surface area contributed by atoms with Crippen molar-refractivity contribution in [3.05, 3.63) is 48.5 Å². The van der Waals surface area contributed by atoms with E-state index >= 15 is 0 Å². The first kappa shape index (κ1) is 18.2. The molecule has 2 heterocycles. The van der Waals surface area contributed by atoms with E-state index in [-0.39, 0.29) is 17.1 Å². The quantitative estimate of drug-likeness (QED) is 0.566. The second-order valence-corrected chi connectivity index (χ2v) is 6.38. The van der Waals surface area contributed by atoms with Gasteiger partial charge in [-0.05, 0) is 25.7 Å². The van der Waals surface area contributed by atoms with Crippen molar-refractivity contribution in [1.29, 1.82) is 0 Å². The molecule has 0 spiro atoms. The molecule has 2 fully saturated rings. The number of hydrogen-bond acceptors (Lipinski definition) is 2. The zero-order valence-electron chi connectivity index (χ0n) is 13.9. The van der Waals surface area contributed by atoms with E-state index in [0.717, 1.165) is 0 Å². The average molecular weight is 352 g/mol. The fraction of sp³-hybridized carbons (Fsp3) is 0.500. The van der Waals surface area contributed by atoms with Gasteiger partial charge >= 0.3 is 17.1 Å². The molecule has 2 saturated heterocycles. The summed E-state index contributed by atoms with van der Waals surface area (Å²) in [6, 6.07) is 17.3. The molecule has 23 heavy (non-hydrogen) atoms. The monoisotopic (exact) mass is 352 g/mol. The van der Waals surface area contributed by atoms with Gasteiger partial charge in [0.15, 0.2) is 0 Å². The zero-order chi connectivity index (χ0) is 15.0. The Kier molecular flexibility index (Phi) is 7.78. The van der Waals surface area contributed by atoms with Gasteiger partial charge in [-0.2, -0.15) is 24.3 Å². The van der Waals surface area contributed by atoms with Gasteiger partial charge in [0.05, 0.1) is 0 Å². The van der Waals surface area contributed by atoms with E-state index in [9.17, 15) is 0 Å². The van der Waals surface area contributed by atoms with Gasteiger partial charge in [0.1, 0.15) is 0 Å². The Morgan fingerprint density at radius 1 is 0.478 bits per heavy atom. The molecule has 2 nitrogen and oxygen atoms in total. The van der Waals surface area contributed by atoms with Crippen LogP contribution in [-0.4, -0.2) is 26.2 Å². The smallest absolute Gasteiger partial charge is 0.424 e. The summed E-state index contributed by atoms with van der Waals surface area (Å²) < 4.78 is 0. The number of rotatable bonds is 2. The van der Waals surface area contributed by atoms with E-state index in [1.54, 1.807) is 0 Å². The molecule has 0 saturated carbocycles. The molecule has 2 aromatic rings. The Hall–Kier alpha value is -1.18. The Balaban J connectivity index is 0.000000160. The van der Waals surface area contributed by atoms with Gasteiger partial charge in [0.25, 0.3) is 0 Å². The van der Waals surface area contributed by atoms with Crippen molar-refractivity contribution in [2.24, 2.45) is 0 Å². The Morgan fingerprint density at radius 2 is 0.783 bits per heavy atom. The minimum atomic E-state index is 0. The summed E-state index contributed by atoms with van der Waals surface area (Å²) >= 11 is 0. The van der Waals surface area contributed by atoms with Crippen molar-refractivity contribution in [3.8, 4) is 0 Å². The first-order valence-electron chi connectivity index (χ1n) is 8.87. The van der Waals surface area contributed by atoms with Gasteiger partial charge in [0, 0.05) is 26.2 Å². The first-order valence-corrected chi connectivity index (χ1v) is 8.87. The van der Waals surface area contributed by atoms with E-state index in [4.69, 9.17) is 0 Å². The van der Waals surface area contributed by atoms with Crippen LogP contribution >= 0.6 is 0 Å². The van der Waals surface area contributed by atoms with Gasteiger partial charge in [-0.15, -0.1) is 0 Å². The summed E-state index contributed by atoms with van der Waals surface area (Å²) in [6.45, 7) is 5.02. The minimum absolute atomic E-state index is 0. The Bertz CT molecular complexity index is 443. The van der Waals surface area contributed by atoms with Crippen LogP contribution in [0, 0.1) is 0 Å². The number of anilines is 2.